The van der Waals surface area contributed by atoms with Gasteiger partial charge in [-0.25, -0.2) is 13.4 Å². The number of rotatable bonds is 6. The molecule has 1 heterocycles. The average Bonchev–Trinajstić information content (AvgIpc) is 2.90. The summed E-state index contributed by atoms with van der Waals surface area (Å²) < 4.78 is 33.9. The minimum Gasteiger partial charge on any atom is -0.493 e. The molecule has 0 radical (unpaired) electrons. The van der Waals surface area contributed by atoms with Gasteiger partial charge in [0, 0.05) is 18.2 Å². The van der Waals surface area contributed by atoms with Gasteiger partial charge in [-0.3, -0.25) is 0 Å². The van der Waals surface area contributed by atoms with Crippen LogP contribution in [0.25, 0.3) is 0 Å². The van der Waals surface area contributed by atoms with Crippen LogP contribution in [0.2, 0.25) is 0 Å². The summed E-state index contributed by atoms with van der Waals surface area (Å²) in [4.78, 5) is 4.54. The van der Waals surface area contributed by atoms with E-state index in [0.29, 0.717) is 37.0 Å². The van der Waals surface area contributed by atoms with Crippen LogP contribution in [0.3, 0.4) is 0 Å². The summed E-state index contributed by atoms with van der Waals surface area (Å²) in [7, 11) is 0.265. The summed E-state index contributed by atoms with van der Waals surface area (Å²) >= 11 is 0. The molecule has 7 nitrogen and oxygen atoms in total. The molecule has 0 bridgehead atoms. The number of hydrogen-bond donors (Lipinski definition) is 2. The number of methoxy groups -OCH3 is 2. The van der Waals surface area contributed by atoms with Crippen LogP contribution in [-0.2, 0) is 16.4 Å². The van der Waals surface area contributed by atoms with Crippen LogP contribution in [0.15, 0.2) is 23.2 Å². The molecule has 0 aromatic heterocycles. The summed E-state index contributed by atoms with van der Waals surface area (Å²) in [6.07, 6.45) is 0.606. The first-order valence-corrected chi connectivity index (χ1v) is 9.76. The monoisotopic (exact) mass is 355 g/mol. The second kappa shape index (κ2) is 8.23. The lowest BCUT2D eigenvalue weighted by Gasteiger charge is -2.16. The molecule has 0 aliphatic carbocycles. The lowest BCUT2D eigenvalue weighted by atomic mass is 10.2. The Labute approximate surface area is 143 Å². The molecule has 1 atom stereocenters. The number of nitrogens with zero attached hydrogens (tertiary/aromatic N) is 1. The summed E-state index contributed by atoms with van der Waals surface area (Å²) in [5, 5.41) is 6.34. The normalized spacial score (nSPS) is 19.8. The van der Waals surface area contributed by atoms with Crippen molar-refractivity contribution in [1.29, 1.82) is 0 Å². The van der Waals surface area contributed by atoms with E-state index < -0.39 is 9.84 Å². The van der Waals surface area contributed by atoms with E-state index in [2.05, 4.69) is 15.6 Å². The van der Waals surface area contributed by atoms with Crippen LogP contribution in [0.5, 0.6) is 11.5 Å². The lowest BCUT2D eigenvalue weighted by Crippen LogP contribution is -2.44. The van der Waals surface area contributed by atoms with Crippen molar-refractivity contribution in [2.75, 3.05) is 32.3 Å². The van der Waals surface area contributed by atoms with E-state index in [1.165, 1.54) is 0 Å². The fourth-order valence-electron chi connectivity index (χ4n) is 2.66. The Morgan fingerprint density at radius 1 is 1.33 bits per heavy atom. The molecule has 0 amide bonds. The standard InChI is InChI=1S/C16H25N3O4S/c1-4-17-16(19-13-8-9-24(20,21)11-13)18-10-12-6-5-7-14(22-2)15(12)23-3/h5-7,13H,4,8-11H2,1-3H3,(H2,17,18,19). The Kier molecular flexibility index (Phi) is 6.30. The Bertz CT molecular complexity index is 689. The van der Waals surface area contributed by atoms with Crippen LogP contribution < -0.4 is 20.1 Å². The highest BCUT2D eigenvalue weighted by molar-refractivity contribution is 7.91. The summed E-state index contributed by atoms with van der Waals surface area (Å²) in [6, 6.07) is 5.55. The molecule has 1 saturated heterocycles. The number of para-hydroxylation sites is 1. The van der Waals surface area contributed by atoms with E-state index in [-0.39, 0.29) is 17.5 Å². The van der Waals surface area contributed by atoms with Gasteiger partial charge >= 0.3 is 0 Å². The Balaban J connectivity index is 2.11. The zero-order valence-corrected chi connectivity index (χ0v) is 15.1. The van der Waals surface area contributed by atoms with E-state index in [0.717, 1.165) is 5.56 Å². The molecule has 1 aliphatic heterocycles. The zero-order valence-electron chi connectivity index (χ0n) is 14.3. The van der Waals surface area contributed by atoms with Gasteiger partial charge in [0.05, 0.1) is 32.3 Å². The molecule has 1 aromatic rings. The number of aliphatic imine (C=N–C) groups is 1. The van der Waals surface area contributed by atoms with Gasteiger partial charge < -0.3 is 20.1 Å². The molecule has 0 spiro atoms. The summed E-state index contributed by atoms with van der Waals surface area (Å²) in [5.41, 5.74) is 0.896. The minimum atomic E-state index is -2.92. The van der Waals surface area contributed by atoms with Gasteiger partial charge in [0.2, 0.25) is 0 Å². The van der Waals surface area contributed by atoms with Crippen LogP contribution in [0.1, 0.15) is 18.9 Å². The highest BCUT2D eigenvalue weighted by Crippen LogP contribution is 2.31. The van der Waals surface area contributed by atoms with Gasteiger partial charge in [0.15, 0.2) is 27.3 Å². The Morgan fingerprint density at radius 2 is 2.12 bits per heavy atom. The minimum absolute atomic E-state index is 0.0972. The topological polar surface area (TPSA) is 89.0 Å². The number of benzene rings is 1. The number of sulfone groups is 1. The maximum Gasteiger partial charge on any atom is 0.191 e. The molecule has 1 fully saturated rings. The van der Waals surface area contributed by atoms with Crippen molar-refractivity contribution in [2.24, 2.45) is 4.99 Å². The molecule has 24 heavy (non-hydrogen) atoms. The van der Waals surface area contributed by atoms with Crippen molar-refractivity contribution in [2.45, 2.75) is 25.9 Å². The van der Waals surface area contributed by atoms with Crippen molar-refractivity contribution in [3.63, 3.8) is 0 Å². The van der Waals surface area contributed by atoms with Gasteiger partial charge in [-0.2, -0.15) is 0 Å². The Morgan fingerprint density at radius 3 is 2.71 bits per heavy atom. The molecule has 0 saturated carbocycles. The molecule has 8 heteroatoms. The fraction of sp³-hybridized carbons (Fsp3) is 0.562. The molecule has 2 rings (SSSR count). The quantitative estimate of drug-likeness (QED) is 0.583. The third-order valence-electron chi connectivity index (χ3n) is 3.81. The summed E-state index contributed by atoms with van der Waals surface area (Å²) in [6.45, 7) is 3.06. The zero-order chi connectivity index (χ0) is 17.6. The molecular weight excluding hydrogens is 330 g/mol. The molecule has 1 aliphatic rings. The second-order valence-electron chi connectivity index (χ2n) is 5.59. The molecule has 1 unspecified atom stereocenters. The van der Waals surface area contributed by atoms with Gasteiger partial charge in [0.25, 0.3) is 0 Å². The highest BCUT2D eigenvalue weighted by atomic mass is 32.2. The maximum absolute atomic E-state index is 11.6. The van der Waals surface area contributed by atoms with Crippen LogP contribution in [0.4, 0.5) is 0 Å². The number of guanidine groups is 1. The number of hydrogen-bond acceptors (Lipinski definition) is 5. The van der Waals surface area contributed by atoms with Crippen molar-refractivity contribution in [3.05, 3.63) is 23.8 Å². The van der Waals surface area contributed by atoms with Crippen molar-refractivity contribution < 1.29 is 17.9 Å². The van der Waals surface area contributed by atoms with Crippen molar-refractivity contribution in [3.8, 4) is 11.5 Å². The van der Waals surface area contributed by atoms with Crippen LogP contribution in [0, 0.1) is 0 Å². The van der Waals surface area contributed by atoms with E-state index in [4.69, 9.17) is 9.47 Å². The smallest absolute Gasteiger partial charge is 0.191 e. The number of nitrogens with one attached hydrogen (secondary N) is 2. The molecule has 134 valence electrons. The van der Waals surface area contributed by atoms with Gasteiger partial charge in [-0.15, -0.1) is 0 Å². The maximum atomic E-state index is 11.6. The highest BCUT2D eigenvalue weighted by Gasteiger charge is 2.28. The van der Waals surface area contributed by atoms with Gasteiger partial charge in [-0.05, 0) is 19.4 Å². The fourth-order valence-corrected chi connectivity index (χ4v) is 4.34. The molecular formula is C16H25N3O4S. The van der Waals surface area contributed by atoms with E-state index in [1.54, 1.807) is 14.2 Å². The lowest BCUT2D eigenvalue weighted by molar-refractivity contribution is 0.352. The van der Waals surface area contributed by atoms with Crippen LogP contribution >= 0.6 is 0 Å². The number of ether oxygens (including phenoxy) is 2. The van der Waals surface area contributed by atoms with Gasteiger partial charge in [0.1, 0.15) is 0 Å². The third-order valence-corrected chi connectivity index (χ3v) is 5.58. The first-order chi connectivity index (χ1) is 11.5. The summed E-state index contributed by atoms with van der Waals surface area (Å²) in [5.74, 6) is 2.30. The van der Waals surface area contributed by atoms with E-state index in [1.807, 2.05) is 25.1 Å². The van der Waals surface area contributed by atoms with Crippen molar-refractivity contribution in [1.82, 2.24) is 10.6 Å². The largest absolute Gasteiger partial charge is 0.493 e. The molecule has 1 aromatic carbocycles. The first kappa shape index (κ1) is 18.4. The SMILES string of the molecule is CCNC(=NCc1cccc(OC)c1OC)NC1CCS(=O)(=O)C1. The van der Waals surface area contributed by atoms with E-state index >= 15 is 0 Å². The Hall–Kier alpha value is -1.96. The predicted molar refractivity (Wildman–Crippen MR) is 94.6 cm³/mol. The van der Waals surface area contributed by atoms with Crippen LogP contribution in [-0.4, -0.2) is 52.7 Å². The predicted octanol–water partition coefficient (Wildman–Crippen LogP) is 0.946. The average molecular weight is 355 g/mol. The second-order valence-corrected chi connectivity index (χ2v) is 7.82. The molecule has 2 N–H and O–H groups in total. The third kappa shape index (κ3) is 4.77. The van der Waals surface area contributed by atoms with Gasteiger partial charge in [-0.1, -0.05) is 12.1 Å². The first-order valence-electron chi connectivity index (χ1n) is 7.94. The van der Waals surface area contributed by atoms with Crippen molar-refractivity contribution >= 4 is 15.8 Å². The van der Waals surface area contributed by atoms with E-state index in [9.17, 15) is 8.42 Å².